The molecule has 2 aromatic rings. The monoisotopic (exact) mass is 562 g/mol. The first-order valence-corrected chi connectivity index (χ1v) is 15.4. The zero-order valence-electron chi connectivity index (χ0n) is 21.6. The van der Waals surface area contributed by atoms with Gasteiger partial charge in [0.05, 0.1) is 8.07 Å². The molecule has 0 unspecified atom stereocenters. The van der Waals surface area contributed by atoms with Crippen LogP contribution < -0.4 is 47.6 Å². The maximum atomic E-state index is 2.57. The summed E-state index contributed by atoms with van der Waals surface area (Å²) in [5.41, 5.74) is 4.70. The van der Waals surface area contributed by atoms with Crippen LogP contribution in [0.1, 0.15) is 95.2 Å². The van der Waals surface area contributed by atoms with Gasteiger partial charge in [-0.05, 0) is 36.8 Å². The van der Waals surface area contributed by atoms with E-state index >= 15 is 0 Å². The van der Waals surface area contributed by atoms with E-state index in [-0.39, 0.29) is 58.9 Å². The second-order valence-electron chi connectivity index (χ2n) is 9.54. The standard InChI is InChI=1S/C28H45Si.3ClH.Ti/c1-6-9-11-13-16-25-20-26(17-14-12-10-7-2)23-28(22-25)29(4,5)27-19-18-24(21-27)15-8-3;;;;/h18-23H,6-17H2,1-5H3;3*1H;/q-1;;;;+4/p-3. The Hall–Kier alpha value is 0.371. The molecule has 0 spiro atoms. The second kappa shape index (κ2) is 20.6. The minimum Gasteiger partial charge on any atom is -1.00 e. The van der Waals surface area contributed by atoms with Gasteiger partial charge >= 0.3 is 21.7 Å². The van der Waals surface area contributed by atoms with E-state index in [4.69, 9.17) is 0 Å². The third-order valence-corrected chi connectivity index (χ3v) is 9.98. The van der Waals surface area contributed by atoms with Crippen LogP contribution in [0.25, 0.3) is 0 Å². The summed E-state index contributed by atoms with van der Waals surface area (Å²) in [7, 11) is -1.64. The molecule has 0 aliphatic carbocycles. The molecule has 0 heterocycles. The fourth-order valence-corrected chi connectivity index (χ4v) is 6.89. The van der Waals surface area contributed by atoms with Crippen LogP contribution in [0, 0.1) is 0 Å². The van der Waals surface area contributed by atoms with Gasteiger partial charge in [-0.3, -0.25) is 0 Å². The minimum absolute atomic E-state index is 0. The summed E-state index contributed by atoms with van der Waals surface area (Å²) in [6.07, 6.45) is 15.8. The van der Waals surface area contributed by atoms with Crippen molar-refractivity contribution in [1.29, 1.82) is 0 Å². The molecule has 0 saturated heterocycles. The van der Waals surface area contributed by atoms with Crippen LogP contribution in [0.3, 0.4) is 0 Å². The van der Waals surface area contributed by atoms with E-state index in [1.807, 2.05) is 0 Å². The van der Waals surface area contributed by atoms with Gasteiger partial charge in [-0.15, -0.1) is 0 Å². The van der Waals surface area contributed by atoms with Gasteiger partial charge in [-0.1, -0.05) is 109 Å². The molecule has 186 valence electrons. The number of rotatable bonds is 14. The molecule has 0 fully saturated rings. The summed E-state index contributed by atoms with van der Waals surface area (Å²) in [6, 6.07) is 15.0. The number of halogens is 3. The molecule has 0 saturated carbocycles. The van der Waals surface area contributed by atoms with Crippen LogP contribution in [0.4, 0.5) is 0 Å². The molecule has 0 amide bonds. The fraction of sp³-hybridized carbons (Fsp3) is 0.607. The van der Waals surface area contributed by atoms with Crippen molar-refractivity contribution in [3.05, 3.63) is 53.1 Å². The predicted octanol–water partition coefficient (Wildman–Crippen LogP) is -1.56. The van der Waals surface area contributed by atoms with Crippen LogP contribution in [0.15, 0.2) is 36.4 Å². The maximum absolute atomic E-state index is 2.57. The average molecular weight is 564 g/mol. The van der Waals surface area contributed by atoms with Crippen molar-refractivity contribution in [1.82, 2.24) is 0 Å². The third-order valence-electron chi connectivity index (χ3n) is 6.49. The molecule has 0 N–H and O–H groups in total. The van der Waals surface area contributed by atoms with Gasteiger partial charge in [0.1, 0.15) is 0 Å². The summed E-state index contributed by atoms with van der Waals surface area (Å²) in [5, 5.41) is 3.26. The fourth-order valence-electron chi connectivity index (χ4n) is 4.42. The van der Waals surface area contributed by atoms with Crippen molar-refractivity contribution >= 4 is 18.4 Å². The Kier molecular flexibility index (Phi) is 23.6. The Morgan fingerprint density at radius 1 is 0.636 bits per heavy atom. The molecular formula is C28H45Cl3SiTi. The number of hydrogen-bond acceptors (Lipinski definition) is 0. The Bertz CT molecular complexity index is 697. The van der Waals surface area contributed by atoms with Gasteiger partial charge in [0.15, 0.2) is 0 Å². The molecule has 0 bridgehead atoms. The predicted molar refractivity (Wildman–Crippen MR) is 135 cm³/mol. The van der Waals surface area contributed by atoms with E-state index in [0.29, 0.717) is 0 Å². The summed E-state index contributed by atoms with van der Waals surface area (Å²) in [5.74, 6) is 0. The van der Waals surface area contributed by atoms with Crippen molar-refractivity contribution in [2.24, 2.45) is 0 Å². The third kappa shape index (κ3) is 12.8. The normalized spacial score (nSPS) is 10.5. The Labute approximate surface area is 240 Å². The molecule has 0 aliphatic rings. The summed E-state index contributed by atoms with van der Waals surface area (Å²) in [4.78, 5) is 0. The molecule has 5 heteroatoms. The molecule has 0 radical (unpaired) electrons. The molecule has 33 heavy (non-hydrogen) atoms. The largest absolute Gasteiger partial charge is 4.00 e. The van der Waals surface area contributed by atoms with Gasteiger partial charge in [0.25, 0.3) is 0 Å². The van der Waals surface area contributed by atoms with Crippen molar-refractivity contribution in [3.63, 3.8) is 0 Å². The van der Waals surface area contributed by atoms with Crippen molar-refractivity contribution in [2.75, 3.05) is 0 Å². The maximum Gasteiger partial charge on any atom is 4.00 e. The summed E-state index contributed by atoms with van der Waals surface area (Å²) in [6.45, 7) is 12.0. The first kappa shape index (κ1) is 37.9. The first-order valence-electron chi connectivity index (χ1n) is 12.4. The first-order chi connectivity index (χ1) is 14.0. The van der Waals surface area contributed by atoms with E-state index in [1.54, 1.807) is 21.5 Å². The van der Waals surface area contributed by atoms with Crippen LogP contribution >= 0.6 is 0 Å². The van der Waals surface area contributed by atoms with Gasteiger partial charge in [0.2, 0.25) is 0 Å². The topological polar surface area (TPSA) is 0 Å². The van der Waals surface area contributed by atoms with E-state index in [1.165, 1.54) is 82.6 Å². The molecule has 0 nitrogen and oxygen atoms in total. The molecule has 0 aliphatic heterocycles. The second-order valence-corrected chi connectivity index (χ2v) is 13.9. The van der Waals surface area contributed by atoms with Gasteiger partial charge < -0.3 is 37.2 Å². The van der Waals surface area contributed by atoms with Gasteiger partial charge in [-0.2, -0.15) is 22.9 Å². The van der Waals surface area contributed by atoms with Crippen LogP contribution in [-0.2, 0) is 41.0 Å². The Morgan fingerprint density at radius 2 is 1.15 bits per heavy atom. The van der Waals surface area contributed by atoms with Gasteiger partial charge in [-0.25, -0.2) is 6.07 Å². The average Bonchev–Trinajstić information content (AvgIpc) is 3.18. The van der Waals surface area contributed by atoms with Gasteiger partial charge in [0, 0.05) is 0 Å². The van der Waals surface area contributed by atoms with Crippen LogP contribution in [0.5, 0.6) is 0 Å². The molecular weight excluding hydrogens is 519 g/mol. The number of aryl methyl sites for hydroxylation is 3. The Balaban J connectivity index is -0.00000225. The number of benzene rings is 1. The van der Waals surface area contributed by atoms with E-state index in [2.05, 4.69) is 70.3 Å². The number of hydrogen-bond donors (Lipinski definition) is 0. The SMILES string of the molecule is CCCCCCc1cc(CCCCCC)cc([Si](C)(C)[c-]2ccc(CCC)c2)c1.[Cl-].[Cl-].[Cl-].[Ti+4]. The van der Waals surface area contributed by atoms with E-state index in [0.717, 1.165) is 0 Å². The van der Waals surface area contributed by atoms with Crippen LogP contribution in [-0.4, -0.2) is 8.07 Å². The van der Waals surface area contributed by atoms with E-state index in [9.17, 15) is 0 Å². The quantitative estimate of drug-likeness (QED) is 0.148. The van der Waals surface area contributed by atoms with Crippen LogP contribution in [0.2, 0.25) is 13.1 Å². The van der Waals surface area contributed by atoms with Crippen molar-refractivity contribution in [3.8, 4) is 0 Å². The van der Waals surface area contributed by atoms with Crippen molar-refractivity contribution < 1.29 is 58.9 Å². The zero-order chi connectivity index (χ0) is 21.1. The smallest absolute Gasteiger partial charge is 1.00 e. The Morgan fingerprint density at radius 3 is 1.61 bits per heavy atom. The molecule has 0 atom stereocenters. The van der Waals surface area contributed by atoms with Crippen molar-refractivity contribution in [2.45, 2.75) is 111 Å². The van der Waals surface area contributed by atoms with E-state index < -0.39 is 8.07 Å². The molecule has 2 rings (SSSR count). The number of unbranched alkanes of at least 4 members (excludes halogenated alkanes) is 6. The summed E-state index contributed by atoms with van der Waals surface area (Å²) >= 11 is 0. The summed E-state index contributed by atoms with van der Waals surface area (Å²) < 4.78 is 0. The zero-order valence-corrected chi connectivity index (χ0v) is 26.4. The molecule has 0 aromatic heterocycles. The molecule has 2 aromatic carbocycles. The minimum atomic E-state index is -1.64.